The van der Waals surface area contributed by atoms with Crippen LogP contribution in [0.4, 0.5) is 0 Å². The van der Waals surface area contributed by atoms with Gasteiger partial charge >= 0.3 is 0 Å². The van der Waals surface area contributed by atoms with Gasteiger partial charge in [0.25, 0.3) is 0 Å². The standard InChI is InChI=1S/C12H14N2O2/c1-2-3-12-13-8-6-10-11(7-9(8)14-12)16-5-4-15-10/h6-7H,2-5H2,1H3,(H,13,14). The van der Waals surface area contributed by atoms with Gasteiger partial charge in [0, 0.05) is 18.6 Å². The summed E-state index contributed by atoms with van der Waals surface area (Å²) in [6.45, 7) is 3.38. The maximum absolute atomic E-state index is 5.53. The van der Waals surface area contributed by atoms with Crippen LogP contribution in [0, 0.1) is 0 Å². The van der Waals surface area contributed by atoms with Crippen molar-refractivity contribution < 1.29 is 9.47 Å². The number of imidazole rings is 1. The molecule has 3 rings (SSSR count). The number of aromatic nitrogens is 2. The van der Waals surface area contributed by atoms with E-state index in [0.717, 1.165) is 41.2 Å². The topological polar surface area (TPSA) is 47.1 Å². The molecule has 16 heavy (non-hydrogen) atoms. The molecule has 0 atom stereocenters. The number of benzene rings is 1. The van der Waals surface area contributed by atoms with E-state index in [0.29, 0.717) is 13.2 Å². The number of nitrogens with zero attached hydrogens (tertiary/aromatic N) is 1. The Morgan fingerprint density at radius 1 is 1.25 bits per heavy atom. The van der Waals surface area contributed by atoms with E-state index in [-0.39, 0.29) is 0 Å². The molecule has 0 aliphatic carbocycles. The second kappa shape index (κ2) is 3.70. The van der Waals surface area contributed by atoms with Gasteiger partial charge in [-0.05, 0) is 6.42 Å². The van der Waals surface area contributed by atoms with E-state index >= 15 is 0 Å². The molecular formula is C12H14N2O2. The second-order valence-corrected chi connectivity index (χ2v) is 3.95. The van der Waals surface area contributed by atoms with E-state index in [9.17, 15) is 0 Å². The van der Waals surface area contributed by atoms with Gasteiger partial charge in [0.1, 0.15) is 19.0 Å². The minimum Gasteiger partial charge on any atom is -0.486 e. The minimum atomic E-state index is 0.616. The lowest BCUT2D eigenvalue weighted by molar-refractivity contribution is 0.172. The number of hydrogen-bond acceptors (Lipinski definition) is 3. The van der Waals surface area contributed by atoms with Crippen LogP contribution in [0.15, 0.2) is 12.1 Å². The molecule has 0 fully saturated rings. The number of aryl methyl sites for hydroxylation is 1. The predicted molar refractivity (Wildman–Crippen MR) is 61.1 cm³/mol. The highest BCUT2D eigenvalue weighted by molar-refractivity contribution is 5.79. The Labute approximate surface area is 93.6 Å². The molecule has 1 aromatic carbocycles. The molecule has 0 saturated carbocycles. The highest BCUT2D eigenvalue weighted by Gasteiger charge is 2.14. The molecule has 1 aliphatic rings. The fourth-order valence-electron chi connectivity index (χ4n) is 1.95. The molecule has 0 amide bonds. The van der Waals surface area contributed by atoms with Crippen molar-refractivity contribution in [2.24, 2.45) is 0 Å². The Morgan fingerprint density at radius 2 is 2.00 bits per heavy atom. The smallest absolute Gasteiger partial charge is 0.163 e. The largest absolute Gasteiger partial charge is 0.486 e. The fraction of sp³-hybridized carbons (Fsp3) is 0.417. The van der Waals surface area contributed by atoms with Gasteiger partial charge in [-0.2, -0.15) is 0 Å². The number of hydrogen-bond donors (Lipinski definition) is 1. The molecule has 1 N–H and O–H groups in total. The second-order valence-electron chi connectivity index (χ2n) is 3.95. The first kappa shape index (κ1) is 9.51. The molecule has 0 spiro atoms. The Morgan fingerprint density at radius 3 is 2.75 bits per heavy atom. The molecule has 2 aromatic rings. The first-order chi connectivity index (χ1) is 7.86. The zero-order valence-corrected chi connectivity index (χ0v) is 9.25. The van der Waals surface area contributed by atoms with E-state index in [2.05, 4.69) is 16.9 Å². The van der Waals surface area contributed by atoms with Crippen LogP contribution in [0.5, 0.6) is 11.5 Å². The average Bonchev–Trinajstić information content (AvgIpc) is 2.67. The SMILES string of the molecule is CCCc1nc2cc3c(cc2[nH]1)OCCO3. The average molecular weight is 218 g/mol. The quantitative estimate of drug-likeness (QED) is 0.841. The van der Waals surface area contributed by atoms with Gasteiger partial charge in [-0.3, -0.25) is 0 Å². The van der Waals surface area contributed by atoms with Crippen LogP contribution < -0.4 is 9.47 Å². The lowest BCUT2D eigenvalue weighted by Crippen LogP contribution is -2.15. The molecule has 1 aromatic heterocycles. The Kier molecular flexibility index (Phi) is 2.20. The summed E-state index contributed by atoms with van der Waals surface area (Å²) < 4.78 is 11.0. The predicted octanol–water partition coefficient (Wildman–Crippen LogP) is 2.29. The lowest BCUT2D eigenvalue weighted by atomic mass is 10.2. The van der Waals surface area contributed by atoms with Crippen molar-refractivity contribution in [3.05, 3.63) is 18.0 Å². The van der Waals surface area contributed by atoms with Crippen LogP contribution >= 0.6 is 0 Å². The van der Waals surface area contributed by atoms with Gasteiger partial charge in [0.2, 0.25) is 0 Å². The lowest BCUT2D eigenvalue weighted by Gasteiger charge is -2.17. The van der Waals surface area contributed by atoms with E-state index < -0.39 is 0 Å². The molecule has 0 radical (unpaired) electrons. The highest BCUT2D eigenvalue weighted by atomic mass is 16.6. The van der Waals surface area contributed by atoms with Crippen molar-refractivity contribution in [1.29, 1.82) is 0 Å². The van der Waals surface area contributed by atoms with E-state index in [4.69, 9.17) is 9.47 Å². The molecule has 1 aliphatic heterocycles. The number of ether oxygens (including phenoxy) is 2. The van der Waals surface area contributed by atoms with Crippen molar-refractivity contribution in [3.63, 3.8) is 0 Å². The van der Waals surface area contributed by atoms with Gasteiger partial charge in [0.15, 0.2) is 11.5 Å². The number of H-pyrrole nitrogens is 1. The molecule has 2 heterocycles. The summed E-state index contributed by atoms with van der Waals surface area (Å²) in [5.41, 5.74) is 1.97. The number of nitrogens with one attached hydrogen (secondary N) is 1. The summed E-state index contributed by atoms with van der Waals surface area (Å²) in [7, 11) is 0. The molecule has 0 unspecified atom stereocenters. The molecule has 84 valence electrons. The van der Waals surface area contributed by atoms with Gasteiger partial charge < -0.3 is 14.5 Å². The number of fused-ring (bicyclic) bond motifs is 2. The highest BCUT2D eigenvalue weighted by Crippen LogP contribution is 2.33. The third-order valence-corrected chi connectivity index (χ3v) is 2.68. The zero-order valence-electron chi connectivity index (χ0n) is 9.25. The van der Waals surface area contributed by atoms with E-state index in [1.54, 1.807) is 0 Å². The maximum Gasteiger partial charge on any atom is 0.163 e. The van der Waals surface area contributed by atoms with Crippen molar-refractivity contribution in [2.75, 3.05) is 13.2 Å². The molecule has 0 saturated heterocycles. The van der Waals surface area contributed by atoms with Crippen LogP contribution in [-0.4, -0.2) is 23.2 Å². The summed E-state index contributed by atoms with van der Waals surface area (Å²) in [5.74, 6) is 2.64. The minimum absolute atomic E-state index is 0.616. The van der Waals surface area contributed by atoms with Crippen LogP contribution in [0.2, 0.25) is 0 Å². The number of aromatic amines is 1. The molecule has 0 bridgehead atoms. The third kappa shape index (κ3) is 1.50. The zero-order chi connectivity index (χ0) is 11.0. The van der Waals surface area contributed by atoms with Crippen LogP contribution in [0.1, 0.15) is 19.2 Å². The third-order valence-electron chi connectivity index (χ3n) is 2.68. The van der Waals surface area contributed by atoms with Gasteiger partial charge in [0.05, 0.1) is 11.0 Å². The van der Waals surface area contributed by atoms with Gasteiger partial charge in [-0.1, -0.05) is 6.92 Å². The van der Waals surface area contributed by atoms with E-state index in [1.807, 2.05) is 12.1 Å². The normalized spacial score (nSPS) is 14.3. The van der Waals surface area contributed by atoms with E-state index in [1.165, 1.54) is 0 Å². The Bertz CT molecular complexity index is 476. The summed E-state index contributed by atoms with van der Waals surface area (Å²) in [6, 6.07) is 3.91. The fourth-order valence-corrected chi connectivity index (χ4v) is 1.95. The monoisotopic (exact) mass is 218 g/mol. The summed E-state index contributed by atoms with van der Waals surface area (Å²) >= 11 is 0. The molecular weight excluding hydrogens is 204 g/mol. The van der Waals surface area contributed by atoms with Crippen molar-refractivity contribution in [2.45, 2.75) is 19.8 Å². The van der Waals surface area contributed by atoms with Crippen LogP contribution in [-0.2, 0) is 6.42 Å². The van der Waals surface area contributed by atoms with Crippen molar-refractivity contribution in [3.8, 4) is 11.5 Å². The first-order valence-corrected chi connectivity index (χ1v) is 5.65. The van der Waals surface area contributed by atoms with Crippen molar-refractivity contribution >= 4 is 11.0 Å². The van der Waals surface area contributed by atoms with Gasteiger partial charge in [-0.25, -0.2) is 4.98 Å². The Balaban J connectivity index is 2.09. The summed E-state index contributed by atoms with van der Waals surface area (Å²) in [6.07, 6.45) is 2.06. The van der Waals surface area contributed by atoms with Gasteiger partial charge in [-0.15, -0.1) is 0 Å². The van der Waals surface area contributed by atoms with Crippen LogP contribution in [0.3, 0.4) is 0 Å². The summed E-state index contributed by atoms with van der Waals surface area (Å²) in [4.78, 5) is 7.82. The Hall–Kier alpha value is -1.71. The number of rotatable bonds is 2. The molecule has 4 nitrogen and oxygen atoms in total. The maximum atomic E-state index is 5.53. The molecule has 4 heteroatoms. The summed E-state index contributed by atoms with van der Waals surface area (Å²) in [5, 5.41) is 0. The van der Waals surface area contributed by atoms with Crippen LogP contribution in [0.25, 0.3) is 11.0 Å². The van der Waals surface area contributed by atoms with Crippen molar-refractivity contribution in [1.82, 2.24) is 9.97 Å². The first-order valence-electron chi connectivity index (χ1n) is 5.65.